The molecule has 8 heteroatoms. The van der Waals surface area contributed by atoms with Gasteiger partial charge in [-0.1, -0.05) is 0 Å². The summed E-state index contributed by atoms with van der Waals surface area (Å²) >= 11 is 0. The van der Waals surface area contributed by atoms with Crippen LogP contribution in [0, 0.1) is 6.92 Å². The Balaban J connectivity index is 1.67. The standard InChI is InChI=1S/C18H26N4O4/c1-12-14(17(25)20-18(26)19-12)11-16(24)22-9-3-2-5-13(22)7-10-21-8-4-6-15(21)23/h13H,2-11H2,1H3,(H2,19,20,25,26). The van der Waals surface area contributed by atoms with Crippen LogP contribution in [0.1, 0.15) is 49.8 Å². The lowest BCUT2D eigenvalue weighted by Gasteiger charge is -2.36. The number of hydrogen-bond acceptors (Lipinski definition) is 4. The minimum atomic E-state index is -0.560. The van der Waals surface area contributed by atoms with E-state index >= 15 is 0 Å². The fraction of sp³-hybridized carbons (Fsp3) is 0.667. The summed E-state index contributed by atoms with van der Waals surface area (Å²) in [6.07, 6.45) is 5.25. The Morgan fingerprint density at radius 1 is 1.12 bits per heavy atom. The number of carbonyl (C=O) groups is 2. The van der Waals surface area contributed by atoms with Crippen molar-refractivity contribution in [3.05, 3.63) is 32.1 Å². The second-order valence-electron chi connectivity index (χ2n) is 7.20. The lowest BCUT2D eigenvalue weighted by molar-refractivity contribution is -0.134. The molecular weight excluding hydrogens is 336 g/mol. The van der Waals surface area contributed by atoms with Crippen LogP contribution in [0.3, 0.4) is 0 Å². The highest BCUT2D eigenvalue weighted by molar-refractivity contribution is 5.79. The molecule has 2 amide bonds. The first-order valence-electron chi connectivity index (χ1n) is 9.35. The normalized spacial score (nSPS) is 20.7. The molecule has 26 heavy (non-hydrogen) atoms. The number of aryl methyl sites for hydroxylation is 1. The minimum absolute atomic E-state index is 0.0168. The fourth-order valence-corrected chi connectivity index (χ4v) is 3.97. The molecular formula is C18H26N4O4. The molecule has 2 fully saturated rings. The first-order valence-corrected chi connectivity index (χ1v) is 9.35. The van der Waals surface area contributed by atoms with Crippen molar-refractivity contribution in [2.75, 3.05) is 19.6 Å². The lowest BCUT2D eigenvalue weighted by atomic mass is 9.98. The second kappa shape index (κ2) is 7.88. The molecule has 0 aliphatic carbocycles. The van der Waals surface area contributed by atoms with Gasteiger partial charge in [0.05, 0.1) is 6.42 Å². The predicted octanol–water partition coefficient (Wildman–Crippen LogP) is 0.308. The summed E-state index contributed by atoms with van der Waals surface area (Å²) < 4.78 is 0. The molecule has 0 saturated carbocycles. The Morgan fingerprint density at radius 2 is 1.92 bits per heavy atom. The quantitative estimate of drug-likeness (QED) is 0.786. The molecule has 2 N–H and O–H groups in total. The van der Waals surface area contributed by atoms with Crippen LogP contribution < -0.4 is 11.2 Å². The van der Waals surface area contributed by atoms with Crippen LogP contribution in [0.4, 0.5) is 0 Å². The fourth-order valence-electron chi connectivity index (χ4n) is 3.97. The van der Waals surface area contributed by atoms with Crippen molar-refractivity contribution in [3.63, 3.8) is 0 Å². The van der Waals surface area contributed by atoms with Crippen LogP contribution in [0.15, 0.2) is 9.59 Å². The van der Waals surface area contributed by atoms with E-state index in [-0.39, 0.29) is 24.3 Å². The Kier molecular flexibility index (Phi) is 5.58. The highest BCUT2D eigenvalue weighted by atomic mass is 16.2. The molecule has 0 bridgehead atoms. The monoisotopic (exact) mass is 362 g/mol. The van der Waals surface area contributed by atoms with Crippen molar-refractivity contribution in [1.29, 1.82) is 0 Å². The summed E-state index contributed by atoms with van der Waals surface area (Å²) in [5.74, 6) is 0.109. The smallest absolute Gasteiger partial charge is 0.325 e. The van der Waals surface area contributed by atoms with E-state index in [0.717, 1.165) is 38.6 Å². The van der Waals surface area contributed by atoms with Gasteiger partial charge in [0.25, 0.3) is 5.56 Å². The zero-order valence-electron chi connectivity index (χ0n) is 15.2. The summed E-state index contributed by atoms with van der Waals surface area (Å²) in [6.45, 7) is 3.81. The largest absolute Gasteiger partial charge is 0.343 e. The molecule has 8 nitrogen and oxygen atoms in total. The third-order valence-corrected chi connectivity index (χ3v) is 5.43. The summed E-state index contributed by atoms with van der Waals surface area (Å²) in [6, 6.07) is 0.104. The molecule has 2 aliphatic heterocycles. The van der Waals surface area contributed by atoms with E-state index in [4.69, 9.17) is 0 Å². The number of hydrogen-bond donors (Lipinski definition) is 2. The molecule has 142 valence electrons. The van der Waals surface area contributed by atoms with E-state index in [1.54, 1.807) is 6.92 Å². The van der Waals surface area contributed by atoms with Crippen LogP contribution in [-0.2, 0) is 16.0 Å². The summed E-state index contributed by atoms with van der Waals surface area (Å²) in [5, 5.41) is 0. The third-order valence-electron chi connectivity index (χ3n) is 5.43. The molecule has 1 unspecified atom stereocenters. The molecule has 1 aromatic rings. The third kappa shape index (κ3) is 4.05. The number of H-pyrrole nitrogens is 2. The summed E-state index contributed by atoms with van der Waals surface area (Å²) in [5.41, 5.74) is -0.317. The molecule has 2 saturated heterocycles. The molecule has 0 spiro atoms. The van der Waals surface area contributed by atoms with Crippen LogP contribution in [0.2, 0.25) is 0 Å². The Bertz CT molecular complexity index is 797. The van der Waals surface area contributed by atoms with Gasteiger partial charge in [0.1, 0.15) is 0 Å². The van der Waals surface area contributed by atoms with E-state index in [1.807, 2.05) is 9.80 Å². The number of aromatic nitrogens is 2. The molecule has 3 heterocycles. The van der Waals surface area contributed by atoms with E-state index in [2.05, 4.69) is 9.97 Å². The van der Waals surface area contributed by atoms with Gasteiger partial charge in [0.2, 0.25) is 11.8 Å². The highest BCUT2D eigenvalue weighted by Crippen LogP contribution is 2.22. The molecule has 1 atom stereocenters. The SMILES string of the molecule is Cc1[nH]c(=O)[nH]c(=O)c1CC(=O)N1CCCCC1CCN1CCCC1=O. The number of likely N-dealkylation sites (tertiary alicyclic amines) is 2. The van der Waals surface area contributed by atoms with Gasteiger partial charge in [-0.05, 0) is 39.0 Å². The Hall–Kier alpha value is -2.38. The number of nitrogens with zero attached hydrogens (tertiary/aromatic N) is 2. The molecule has 1 aromatic heterocycles. The van der Waals surface area contributed by atoms with Gasteiger partial charge in [-0.15, -0.1) is 0 Å². The highest BCUT2D eigenvalue weighted by Gasteiger charge is 2.29. The number of carbonyl (C=O) groups excluding carboxylic acids is 2. The Morgan fingerprint density at radius 3 is 2.62 bits per heavy atom. The maximum atomic E-state index is 12.8. The predicted molar refractivity (Wildman–Crippen MR) is 95.9 cm³/mol. The van der Waals surface area contributed by atoms with Crippen molar-refractivity contribution < 1.29 is 9.59 Å². The summed E-state index contributed by atoms with van der Waals surface area (Å²) in [7, 11) is 0. The lowest BCUT2D eigenvalue weighted by Crippen LogP contribution is -2.46. The van der Waals surface area contributed by atoms with Crippen LogP contribution in [-0.4, -0.2) is 57.3 Å². The average molecular weight is 362 g/mol. The molecule has 3 rings (SSSR count). The molecule has 2 aliphatic rings. The number of nitrogens with one attached hydrogen (secondary N) is 2. The number of rotatable bonds is 5. The van der Waals surface area contributed by atoms with E-state index < -0.39 is 11.2 Å². The Labute approximate surface area is 151 Å². The van der Waals surface area contributed by atoms with E-state index in [0.29, 0.717) is 30.8 Å². The zero-order chi connectivity index (χ0) is 18.7. The van der Waals surface area contributed by atoms with Crippen LogP contribution in [0.5, 0.6) is 0 Å². The van der Waals surface area contributed by atoms with Crippen molar-refractivity contribution in [1.82, 2.24) is 19.8 Å². The first-order chi connectivity index (χ1) is 12.5. The number of amides is 2. The van der Waals surface area contributed by atoms with Gasteiger partial charge in [0.15, 0.2) is 0 Å². The van der Waals surface area contributed by atoms with Gasteiger partial charge in [-0.2, -0.15) is 0 Å². The minimum Gasteiger partial charge on any atom is -0.343 e. The molecule has 0 radical (unpaired) electrons. The maximum absolute atomic E-state index is 12.8. The zero-order valence-corrected chi connectivity index (χ0v) is 15.2. The average Bonchev–Trinajstić information content (AvgIpc) is 3.01. The van der Waals surface area contributed by atoms with Gasteiger partial charge in [-0.25, -0.2) is 4.79 Å². The van der Waals surface area contributed by atoms with Crippen LogP contribution >= 0.6 is 0 Å². The first kappa shape index (κ1) is 18.4. The van der Waals surface area contributed by atoms with E-state index in [1.165, 1.54) is 0 Å². The van der Waals surface area contributed by atoms with Crippen molar-refractivity contribution in [2.24, 2.45) is 0 Å². The van der Waals surface area contributed by atoms with Crippen LogP contribution in [0.25, 0.3) is 0 Å². The number of aromatic amines is 2. The second-order valence-corrected chi connectivity index (χ2v) is 7.20. The van der Waals surface area contributed by atoms with Crippen molar-refractivity contribution in [3.8, 4) is 0 Å². The van der Waals surface area contributed by atoms with Gasteiger partial charge >= 0.3 is 5.69 Å². The summed E-state index contributed by atoms with van der Waals surface area (Å²) in [4.78, 5) is 56.4. The van der Waals surface area contributed by atoms with Gasteiger partial charge in [-0.3, -0.25) is 19.4 Å². The topological polar surface area (TPSA) is 106 Å². The van der Waals surface area contributed by atoms with Gasteiger partial charge in [0, 0.05) is 43.4 Å². The van der Waals surface area contributed by atoms with Crippen molar-refractivity contribution >= 4 is 11.8 Å². The number of piperidine rings is 1. The van der Waals surface area contributed by atoms with Crippen molar-refractivity contribution in [2.45, 2.75) is 57.9 Å². The van der Waals surface area contributed by atoms with Gasteiger partial charge < -0.3 is 14.8 Å². The van der Waals surface area contributed by atoms with E-state index in [9.17, 15) is 19.2 Å². The molecule has 0 aromatic carbocycles. The maximum Gasteiger partial charge on any atom is 0.325 e.